The van der Waals surface area contributed by atoms with Crippen LogP contribution >= 0.6 is 0 Å². The Bertz CT molecular complexity index is 409. The fraction of sp³-hybridized carbons (Fsp3) is 0.800. The van der Waals surface area contributed by atoms with Gasteiger partial charge in [0, 0.05) is 20.8 Å². The van der Waals surface area contributed by atoms with Crippen molar-refractivity contribution in [3.63, 3.8) is 0 Å². The Hall–Kier alpha value is -1.83. The van der Waals surface area contributed by atoms with Crippen LogP contribution in [0.25, 0.3) is 0 Å². The third-order valence-electron chi connectivity index (χ3n) is 2.79. The second-order valence-electron chi connectivity index (χ2n) is 5.32. The van der Waals surface area contributed by atoms with Gasteiger partial charge in [-0.3, -0.25) is 14.4 Å². The van der Waals surface area contributed by atoms with Gasteiger partial charge in [0.1, 0.15) is 37.6 Å². The van der Waals surface area contributed by atoms with E-state index in [1.54, 1.807) is 0 Å². The normalized spacial score (nSPS) is 14.9. The second-order valence-corrected chi connectivity index (χ2v) is 5.32. The van der Waals surface area contributed by atoms with E-state index in [1.165, 1.54) is 20.8 Å². The molecule has 4 atom stereocenters. The Morgan fingerprint density at radius 2 is 1.04 bits per heavy atom. The summed E-state index contributed by atoms with van der Waals surface area (Å²) < 4.78 is 14.0. The summed E-state index contributed by atoms with van der Waals surface area (Å²) in [5.74, 6) is -1.51. The predicted octanol–water partition coefficient (Wildman–Crippen LogP) is -3.54. The summed E-state index contributed by atoms with van der Waals surface area (Å²) in [6, 6.07) is 0. The van der Waals surface area contributed by atoms with Crippen LogP contribution in [0.15, 0.2) is 0 Å². The first-order valence-electron chi connectivity index (χ1n) is 7.84. The maximum Gasteiger partial charge on any atom is 0.303 e. The van der Waals surface area contributed by atoms with Crippen LogP contribution < -0.4 is 0 Å². The number of carbonyl (C=O) groups is 3. The van der Waals surface area contributed by atoms with Crippen molar-refractivity contribution in [3.8, 4) is 0 Å². The smallest absolute Gasteiger partial charge is 0.303 e. The topological polar surface area (TPSA) is 200 Å². The highest BCUT2D eigenvalue weighted by atomic mass is 16.6. The molecule has 0 heterocycles. The molecule has 0 aliphatic rings. The van der Waals surface area contributed by atoms with Crippen molar-refractivity contribution in [1.29, 1.82) is 0 Å². The first kappa shape index (κ1) is 27.4. The second kappa shape index (κ2) is 15.2. The molecule has 0 aromatic carbocycles. The Labute approximate surface area is 155 Å². The van der Waals surface area contributed by atoms with E-state index in [4.69, 9.17) is 35.4 Å². The van der Waals surface area contributed by atoms with Crippen LogP contribution in [0.4, 0.5) is 0 Å². The van der Waals surface area contributed by atoms with Crippen LogP contribution in [0.2, 0.25) is 0 Å². The maximum absolute atomic E-state index is 10.6. The average Bonchev–Trinajstić information content (AvgIpc) is 2.61. The largest absolute Gasteiger partial charge is 0.462 e. The summed E-state index contributed by atoms with van der Waals surface area (Å²) in [6.45, 7) is 1.99. The van der Waals surface area contributed by atoms with Gasteiger partial charge < -0.3 is 44.8 Å². The molecule has 12 nitrogen and oxygen atoms in total. The predicted molar refractivity (Wildman–Crippen MR) is 87.0 cm³/mol. The minimum Gasteiger partial charge on any atom is -0.462 e. The van der Waals surface area contributed by atoms with Gasteiger partial charge in [-0.15, -0.1) is 0 Å². The van der Waals surface area contributed by atoms with Crippen LogP contribution in [0.1, 0.15) is 20.8 Å². The van der Waals surface area contributed by atoms with Gasteiger partial charge in [0.25, 0.3) is 0 Å². The summed E-state index contributed by atoms with van der Waals surface area (Å²) in [7, 11) is 0. The molecule has 0 rings (SSSR count). The number of aliphatic hydroxyl groups excluding tert-OH is 6. The number of rotatable bonds is 10. The van der Waals surface area contributed by atoms with Crippen molar-refractivity contribution < 1.29 is 59.2 Å². The molecule has 27 heavy (non-hydrogen) atoms. The quantitative estimate of drug-likeness (QED) is 0.156. The van der Waals surface area contributed by atoms with Crippen LogP contribution in [0.3, 0.4) is 0 Å². The summed E-state index contributed by atoms with van der Waals surface area (Å²) in [6.07, 6.45) is -7.15. The molecule has 160 valence electrons. The Morgan fingerprint density at radius 1 is 0.704 bits per heavy atom. The van der Waals surface area contributed by atoms with Crippen molar-refractivity contribution in [3.05, 3.63) is 0 Å². The zero-order valence-corrected chi connectivity index (χ0v) is 15.3. The zero-order chi connectivity index (χ0) is 21.6. The number of hydrogen-bond acceptors (Lipinski definition) is 12. The van der Waals surface area contributed by atoms with Crippen LogP contribution in [0, 0.1) is 0 Å². The summed E-state index contributed by atoms with van der Waals surface area (Å²) in [5, 5.41) is 52.2. The SMILES string of the molecule is CC(=O)OCC(COC(C)=O)OC(C)=O.OC[C@@H](O)[C@@H](O)[C@H](O)[C@@H](O)CO. The van der Waals surface area contributed by atoms with Gasteiger partial charge in [-0.1, -0.05) is 0 Å². The molecule has 0 aromatic rings. The molecule has 0 aliphatic carbocycles. The number of carbonyl (C=O) groups excluding carboxylic acids is 3. The van der Waals surface area contributed by atoms with E-state index in [9.17, 15) is 14.4 Å². The molecule has 0 amide bonds. The number of esters is 3. The van der Waals surface area contributed by atoms with Crippen molar-refractivity contribution in [2.75, 3.05) is 26.4 Å². The lowest BCUT2D eigenvalue weighted by atomic mass is 10.0. The van der Waals surface area contributed by atoms with Crippen LogP contribution in [-0.2, 0) is 28.6 Å². The Balaban J connectivity index is 0. The van der Waals surface area contributed by atoms with Crippen LogP contribution in [0.5, 0.6) is 0 Å². The Morgan fingerprint density at radius 3 is 1.26 bits per heavy atom. The molecule has 0 radical (unpaired) electrons. The van der Waals surface area contributed by atoms with E-state index < -0.39 is 61.6 Å². The van der Waals surface area contributed by atoms with Crippen molar-refractivity contribution in [2.24, 2.45) is 0 Å². The van der Waals surface area contributed by atoms with E-state index in [0.717, 1.165) is 0 Å². The first-order chi connectivity index (χ1) is 12.5. The summed E-state index contributed by atoms with van der Waals surface area (Å²) in [4.78, 5) is 31.6. The van der Waals surface area contributed by atoms with Crippen LogP contribution in [-0.4, -0.2) is 105 Å². The minimum atomic E-state index is -1.67. The fourth-order valence-corrected chi connectivity index (χ4v) is 1.44. The molecule has 0 bridgehead atoms. The van der Waals surface area contributed by atoms with Crippen molar-refractivity contribution >= 4 is 17.9 Å². The first-order valence-corrected chi connectivity index (χ1v) is 7.84. The van der Waals surface area contributed by atoms with E-state index in [0.29, 0.717) is 0 Å². The minimum absolute atomic E-state index is 0.123. The lowest BCUT2D eigenvalue weighted by Crippen LogP contribution is -2.46. The lowest BCUT2D eigenvalue weighted by molar-refractivity contribution is -0.163. The maximum atomic E-state index is 10.6. The summed E-state index contributed by atoms with van der Waals surface area (Å²) >= 11 is 0. The molecule has 0 saturated carbocycles. The lowest BCUT2D eigenvalue weighted by Gasteiger charge is -2.24. The van der Waals surface area contributed by atoms with Gasteiger partial charge in [-0.2, -0.15) is 0 Å². The van der Waals surface area contributed by atoms with E-state index in [-0.39, 0.29) is 13.2 Å². The monoisotopic (exact) mass is 400 g/mol. The molecule has 0 spiro atoms. The molecule has 0 fully saturated rings. The standard InChI is InChI=1S/C9H14O6.C6H14O6/c1-6(10)13-4-9(15-8(3)12)5-14-7(2)11;7-1-3(9)5(11)6(12)4(10)2-8/h9H,4-5H2,1-3H3;3-12H,1-2H2/t;3-,4+,5-,6-/m.1/s1. The van der Waals surface area contributed by atoms with Gasteiger partial charge in [-0.25, -0.2) is 0 Å². The molecular weight excluding hydrogens is 372 g/mol. The molecule has 0 unspecified atom stereocenters. The van der Waals surface area contributed by atoms with Gasteiger partial charge in [-0.05, 0) is 0 Å². The molecule has 0 aliphatic heterocycles. The van der Waals surface area contributed by atoms with Crippen molar-refractivity contribution in [2.45, 2.75) is 51.3 Å². The highest BCUT2D eigenvalue weighted by Gasteiger charge is 2.29. The summed E-state index contributed by atoms with van der Waals surface area (Å²) in [5.41, 5.74) is 0. The molecule has 6 N–H and O–H groups in total. The third kappa shape index (κ3) is 15.0. The zero-order valence-electron chi connectivity index (χ0n) is 15.3. The highest BCUT2D eigenvalue weighted by Crippen LogP contribution is 2.04. The van der Waals surface area contributed by atoms with E-state index in [2.05, 4.69) is 9.47 Å². The molecule has 0 saturated heterocycles. The highest BCUT2D eigenvalue weighted by molar-refractivity contribution is 5.67. The fourth-order valence-electron chi connectivity index (χ4n) is 1.44. The number of ether oxygens (including phenoxy) is 3. The molecular formula is C15H28O12. The van der Waals surface area contributed by atoms with Gasteiger partial charge >= 0.3 is 17.9 Å². The number of aliphatic hydroxyl groups is 6. The van der Waals surface area contributed by atoms with Gasteiger partial charge in [0.05, 0.1) is 13.2 Å². The van der Waals surface area contributed by atoms with E-state index in [1.807, 2.05) is 0 Å². The third-order valence-corrected chi connectivity index (χ3v) is 2.79. The van der Waals surface area contributed by atoms with E-state index >= 15 is 0 Å². The molecule has 0 aromatic heterocycles. The van der Waals surface area contributed by atoms with Gasteiger partial charge in [0.15, 0.2) is 6.10 Å². The van der Waals surface area contributed by atoms with Crippen molar-refractivity contribution in [1.82, 2.24) is 0 Å². The van der Waals surface area contributed by atoms with Gasteiger partial charge in [0.2, 0.25) is 0 Å². The Kier molecular flexibility index (Phi) is 15.5. The average molecular weight is 400 g/mol. The number of hydrogen-bond donors (Lipinski definition) is 6. The molecule has 12 heteroatoms.